The number of ether oxygens (including phenoxy) is 1. The van der Waals surface area contributed by atoms with Crippen molar-refractivity contribution >= 4 is 29.3 Å². The number of hydrogen-bond donors (Lipinski definition) is 2. The zero-order valence-electron chi connectivity index (χ0n) is 15.1. The van der Waals surface area contributed by atoms with Gasteiger partial charge in [0.25, 0.3) is 0 Å². The first kappa shape index (κ1) is 19.4. The summed E-state index contributed by atoms with van der Waals surface area (Å²) in [5, 5.41) is 23.9. The number of methoxy groups -OCH3 is 1. The molecule has 0 aliphatic rings. The van der Waals surface area contributed by atoms with Crippen molar-refractivity contribution in [1.29, 1.82) is 0 Å². The van der Waals surface area contributed by atoms with E-state index in [4.69, 9.17) is 4.74 Å². The molecule has 0 radical (unpaired) electrons. The zero-order chi connectivity index (χ0) is 20.1. The van der Waals surface area contributed by atoms with Crippen LogP contribution in [0.5, 0.6) is 5.75 Å². The first-order valence-corrected chi connectivity index (χ1v) is 9.16. The predicted octanol–water partition coefficient (Wildman–Crippen LogP) is 2.41. The summed E-state index contributed by atoms with van der Waals surface area (Å²) >= 11 is 1.14. The fourth-order valence-electron chi connectivity index (χ4n) is 2.49. The van der Waals surface area contributed by atoms with Crippen LogP contribution in [0.25, 0.3) is 5.69 Å². The molecule has 1 heterocycles. The smallest absolute Gasteiger partial charge is 0.337 e. The number of carboxylic acids is 1. The molecular formula is C18H17N5O4S. The van der Waals surface area contributed by atoms with Crippen molar-refractivity contribution in [3.05, 3.63) is 53.6 Å². The van der Waals surface area contributed by atoms with Gasteiger partial charge in [-0.05, 0) is 41.1 Å². The second kappa shape index (κ2) is 8.53. The number of carbonyl (C=O) groups is 2. The van der Waals surface area contributed by atoms with Crippen molar-refractivity contribution < 1.29 is 19.4 Å². The Hall–Kier alpha value is -3.40. The van der Waals surface area contributed by atoms with E-state index in [0.29, 0.717) is 22.2 Å². The van der Waals surface area contributed by atoms with E-state index in [-0.39, 0.29) is 22.9 Å². The number of para-hydroxylation sites is 1. The van der Waals surface area contributed by atoms with Gasteiger partial charge in [0.2, 0.25) is 11.1 Å². The largest absolute Gasteiger partial charge is 0.497 e. The fourth-order valence-corrected chi connectivity index (χ4v) is 3.18. The molecule has 144 valence electrons. The van der Waals surface area contributed by atoms with Crippen LogP contribution in [-0.4, -0.2) is 50.1 Å². The van der Waals surface area contributed by atoms with Crippen molar-refractivity contribution in [2.45, 2.75) is 12.1 Å². The van der Waals surface area contributed by atoms with E-state index in [1.807, 2.05) is 12.1 Å². The number of aromatic carboxylic acids is 1. The second-order valence-corrected chi connectivity index (χ2v) is 6.66. The highest BCUT2D eigenvalue weighted by molar-refractivity contribution is 7.99. The molecule has 0 aliphatic heterocycles. The number of thioether (sulfide) groups is 1. The van der Waals surface area contributed by atoms with Crippen LogP contribution in [0.4, 0.5) is 5.69 Å². The zero-order valence-corrected chi connectivity index (χ0v) is 15.9. The fraction of sp³-hybridized carbons (Fsp3) is 0.167. The number of aromatic nitrogens is 4. The molecule has 2 N–H and O–H groups in total. The SMILES string of the molecule is COc1cccc(-n2nnnc2SCC(=O)Nc2c(C)cccc2C(=O)O)c1. The lowest BCUT2D eigenvalue weighted by Crippen LogP contribution is -2.18. The Kier molecular flexibility index (Phi) is 5.90. The lowest BCUT2D eigenvalue weighted by Gasteiger charge is -2.11. The third-order valence-corrected chi connectivity index (χ3v) is 4.76. The topological polar surface area (TPSA) is 119 Å². The minimum atomic E-state index is -1.10. The number of nitrogens with zero attached hydrogens (tertiary/aromatic N) is 4. The molecule has 0 saturated carbocycles. The van der Waals surface area contributed by atoms with E-state index in [2.05, 4.69) is 20.8 Å². The van der Waals surface area contributed by atoms with E-state index >= 15 is 0 Å². The quantitative estimate of drug-likeness (QED) is 0.581. The van der Waals surface area contributed by atoms with Crippen LogP contribution in [0, 0.1) is 6.92 Å². The van der Waals surface area contributed by atoms with Crippen LogP contribution in [-0.2, 0) is 4.79 Å². The Bertz CT molecular complexity index is 1020. The Morgan fingerprint density at radius 2 is 2.04 bits per heavy atom. The number of carbonyl (C=O) groups excluding carboxylic acids is 1. The molecule has 3 aromatic rings. The van der Waals surface area contributed by atoms with Gasteiger partial charge >= 0.3 is 5.97 Å². The highest BCUT2D eigenvalue weighted by atomic mass is 32.2. The molecule has 3 rings (SSSR count). The summed E-state index contributed by atoms with van der Waals surface area (Å²) in [7, 11) is 1.57. The number of anilines is 1. The van der Waals surface area contributed by atoms with Crippen LogP contribution < -0.4 is 10.1 Å². The number of rotatable bonds is 7. The summed E-state index contributed by atoms with van der Waals surface area (Å²) in [5.41, 5.74) is 1.69. The standard InChI is InChI=1S/C18H17N5O4S/c1-11-5-3-8-14(17(25)26)16(11)19-15(24)10-28-18-20-21-22-23(18)12-6-4-7-13(9-12)27-2/h3-9H,10H2,1-2H3,(H,19,24)(H,25,26). The minimum absolute atomic E-state index is 0.0116. The van der Waals surface area contributed by atoms with Gasteiger partial charge in [-0.15, -0.1) is 5.10 Å². The van der Waals surface area contributed by atoms with Gasteiger partial charge < -0.3 is 15.2 Å². The van der Waals surface area contributed by atoms with Crippen molar-refractivity contribution in [1.82, 2.24) is 20.2 Å². The van der Waals surface area contributed by atoms with Gasteiger partial charge in [0.05, 0.1) is 29.8 Å². The number of benzene rings is 2. The molecule has 1 amide bonds. The number of hydrogen-bond acceptors (Lipinski definition) is 7. The molecule has 10 heteroatoms. The van der Waals surface area contributed by atoms with E-state index in [0.717, 1.165) is 11.8 Å². The Labute approximate surface area is 164 Å². The number of amides is 1. The molecule has 0 saturated heterocycles. The molecular weight excluding hydrogens is 382 g/mol. The molecule has 2 aromatic carbocycles. The predicted molar refractivity (Wildman–Crippen MR) is 103 cm³/mol. The first-order valence-electron chi connectivity index (χ1n) is 8.18. The average molecular weight is 399 g/mol. The van der Waals surface area contributed by atoms with Gasteiger partial charge in [0.15, 0.2) is 0 Å². The van der Waals surface area contributed by atoms with Crippen LogP contribution in [0.3, 0.4) is 0 Å². The normalized spacial score (nSPS) is 10.5. The number of nitrogens with one attached hydrogen (secondary N) is 1. The van der Waals surface area contributed by atoms with E-state index in [9.17, 15) is 14.7 Å². The molecule has 0 fully saturated rings. The van der Waals surface area contributed by atoms with Gasteiger partial charge in [-0.1, -0.05) is 30.0 Å². The number of aryl methyl sites for hydroxylation is 1. The highest BCUT2D eigenvalue weighted by Crippen LogP contribution is 2.23. The third kappa shape index (κ3) is 4.29. The van der Waals surface area contributed by atoms with Crippen LogP contribution in [0.1, 0.15) is 15.9 Å². The maximum atomic E-state index is 12.4. The van der Waals surface area contributed by atoms with Crippen molar-refractivity contribution in [3.63, 3.8) is 0 Å². The van der Waals surface area contributed by atoms with Crippen LogP contribution >= 0.6 is 11.8 Å². The average Bonchev–Trinajstić information content (AvgIpc) is 3.16. The van der Waals surface area contributed by atoms with Crippen LogP contribution in [0.2, 0.25) is 0 Å². The summed E-state index contributed by atoms with van der Waals surface area (Å²) in [4.78, 5) is 23.7. The summed E-state index contributed by atoms with van der Waals surface area (Å²) in [6.45, 7) is 1.73. The van der Waals surface area contributed by atoms with Crippen molar-refractivity contribution in [3.8, 4) is 11.4 Å². The Morgan fingerprint density at radius 1 is 1.25 bits per heavy atom. The molecule has 9 nitrogen and oxygen atoms in total. The highest BCUT2D eigenvalue weighted by Gasteiger charge is 2.16. The molecule has 28 heavy (non-hydrogen) atoms. The Morgan fingerprint density at radius 3 is 2.79 bits per heavy atom. The first-order chi connectivity index (χ1) is 13.5. The van der Waals surface area contributed by atoms with Gasteiger partial charge in [-0.2, -0.15) is 4.68 Å². The molecule has 0 atom stereocenters. The Balaban J connectivity index is 1.72. The number of tetrazole rings is 1. The van der Waals surface area contributed by atoms with E-state index in [1.54, 1.807) is 38.3 Å². The maximum Gasteiger partial charge on any atom is 0.337 e. The molecule has 0 aliphatic carbocycles. The lowest BCUT2D eigenvalue weighted by atomic mass is 10.1. The summed E-state index contributed by atoms with van der Waals surface area (Å²) in [6, 6.07) is 12.0. The van der Waals surface area contributed by atoms with Crippen molar-refractivity contribution in [2.24, 2.45) is 0 Å². The van der Waals surface area contributed by atoms with E-state index in [1.165, 1.54) is 10.7 Å². The van der Waals surface area contributed by atoms with Crippen LogP contribution in [0.15, 0.2) is 47.6 Å². The number of carboxylic acid groups (broad SMARTS) is 1. The molecule has 0 bridgehead atoms. The second-order valence-electron chi connectivity index (χ2n) is 5.71. The third-order valence-electron chi connectivity index (χ3n) is 3.84. The molecule has 1 aromatic heterocycles. The summed E-state index contributed by atoms with van der Waals surface area (Å²) < 4.78 is 6.70. The minimum Gasteiger partial charge on any atom is -0.497 e. The summed E-state index contributed by atoms with van der Waals surface area (Å²) in [5.74, 6) is -0.796. The van der Waals surface area contributed by atoms with E-state index < -0.39 is 5.97 Å². The molecule has 0 unspecified atom stereocenters. The van der Waals surface area contributed by atoms with Gasteiger partial charge in [0.1, 0.15) is 5.75 Å². The monoisotopic (exact) mass is 399 g/mol. The molecule has 0 spiro atoms. The summed E-state index contributed by atoms with van der Waals surface area (Å²) in [6.07, 6.45) is 0. The van der Waals surface area contributed by atoms with Crippen molar-refractivity contribution in [2.75, 3.05) is 18.2 Å². The maximum absolute atomic E-state index is 12.4. The van der Waals surface area contributed by atoms with Gasteiger partial charge in [0, 0.05) is 6.07 Å². The van der Waals surface area contributed by atoms with Gasteiger partial charge in [-0.25, -0.2) is 4.79 Å². The van der Waals surface area contributed by atoms with Gasteiger partial charge in [-0.3, -0.25) is 4.79 Å². The lowest BCUT2D eigenvalue weighted by molar-refractivity contribution is -0.113.